The van der Waals surface area contributed by atoms with Crippen molar-refractivity contribution < 1.29 is 19.8 Å². The minimum Gasteiger partial charge on any atom is -0.507 e. The molecule has 0 spiro atoms. The van der Waals surface area contributed by atoms with E-state index in [-0.39, 0.29) is 23.8 Å². The number of aliphatic carboxylic acids is 1. The zero-order valence-corrected chi connectivity index (χ0v) is 10.8. The van der Waals surface area contributed by atoms with Gasteiger partial charge in [0, 0.05) is 13.1 Å². The van der Waals surface area contributed by atoms with Gasteiger partial charge >= 0.3 is 5.97 Å². The number of phenols is 1. The number of phenolic OH excluding ortho intramolecular Hbond substituents is 1. The molecule has 1 saturated heterocycles. The van der Waals surface area contributed by atoms with Gasteiger partial charge in [0.05, 0.1) is 11.5 Å². The number of piperidine rings is 1. The van der Waals surface area contributed by atoms with Crippen LogP contribution in [0.4, 0.5) is 0 Å². The summed E-state index contributed by atoms with van der Waals surface area (Å²) in [5.74, 6) is -1.70. The number of hydrogen-bond donors (Lipinski definition) is 2. The number of rotatable bonds is 2. The largest absolute Gasteiger partial charge is 0.507 e. The molecule has 1 fully saturated rings. The first-order valence-electron chi connectivity index (χ1n) is 6.31. The van der Waals surface area contributed by atoms with Crippen molar-refractivity contribution in [2.24, 2.45) is 5.92 Å². The molecule has 102 valence electrons. The van der Waals surface area contributed by atoms with Crippen molar-refractivity contribution in [3.63, 3.8) is 0 Å². The number of amides is 1. The average molecular weight is 263 g/mol. The summed E-state index contributed by atoms with van der Waals surface area (Å²) in [7, 11) is 0. The first kappa shape index (κ1) is 13.4. The van der Waals surface area contributed by atoms with Gasteiger partial charge in [-0.05, 0) is 31.4 Å². The molecular formula is C14H17NO4. The van der Waals surface area contributed by atoms with Crippen LogP contribution in [0.1, 0.15) is 28.8 Å². The lowest BCUT2D eigenvalue weighted by Gasteiger charge is -2.31. The molecule has 1 aliphatic heterocycles. The molecule has 0 unspecified atom stereocenters. The third-order valence-corrected chi connectivity index (χ3v) is 3.53. The Morgan fingerprint density at radius 3 is 2.79 bits per heavy atom. The molecule has 1 aromatic rings. The average Bonchev–Trinajstić information content (AvgIpc) is 2.41. The highest BCUT2D eigenvalue weighted by Crippen LogP contribution is 2.25. The van der Waals surface area contributed by atoms with Crippen molar-refractivity contribution in [1.29, 1.82) is 0 Å². The molecule has 2 rings (SSSR count). The summed E-state index contributed by atoms with van der Waals surface area (Å²) in [4.78, 5) is 24.8. The number of likely N-dealkylation sites (tertiary alicyclic amines) is 1. The third-order valence-electron chi connectivity index (χ3n) is 3.53. The summed E-state index contributed by atoms with van der Waals surface area (Å²) in [6.45, 7) is 2.47. The maximum Gasteiger partial charge on any atom is 0.308 e. The van der Waals surface area contributed by atoms with E-state index >= 15 is 0 Å². The lowest BCUT2D eigenvalue weighted by molar-refractivity contribution is -0.143. The van der Waals surface area contributed by atoms with Crippen LogP contribution in [0.2, 0.25) is 0 Å². The smallest absolute Gasteiger partial charge is 0.308 e. The van der Waals surface area contributed by atoms with Crippen LogP contribution >= 0.6 is 0 Å². The number of carbonyl (C=O) groups is 2. The summed E-state index contributed by atoms with van der Waals surface area (Å²) in [5, 5.41) is 18.9. The second kappa shape index (κ2) is 5.30. The van der Waals surface area contributed by atoms with E-state index in [1.807, 2.05) is 0 Å². The number of nitrogens with zero attached hydrogens (tertiary/aromatic N) is 1. The predicted octanol–water partition coefficient (Wildman–Crippen LogP) is 1.64. The molecule has 0 aliphatic carbocycles. The van der Waals surface area contributed by atoms with Crippen molar-refractivity contribution in [2.75, 3.05) is 13.1 Å². The molecule has 1 aliphatic rings. The Kier molecular flexibility index (Phi) is 3.74. The van der Waals surface area contributed by atoms with Crippen LogP contribution < -0.4 is 0 Å². The Hall–Kier alpha value is -2.04. The number of aromatic hydroxyl groups is 1. The molecule has 1 heterocycles. The Bertz CT molecular complexity index is 512. The van der Waals surface area contributed by atoms with Gasteiger partial charge in [0.15, 0.2) is 0 Å². The first-order valence-corrected chi connectivity index (χ1v) is 6.31. The van der Waals surface area contributed by atoms with Gasteiger partial charge in [0.1, 0.15) is 5.75 Å². The van der Waals surface area contributed by atoms with Crippen LogP contribution in [0.3, 0.4) is 0 Å². The molecular weight excluding hydrogens is 246 g/mol. The minimum atomic E-state index is -0.869. The Morgan fingerprint density at radius 2 is 2.11 bits per heavy atom. The standard InChI is InChI=1S/C14H17NO4/c1-9-4-2-6-11(12(9)16)13(17)15-7-3-5-10(8-15)14(18)19/h2,4,6,10,16H,3,5,7-8H2,1H3,(H,18,19)/t10-/m0/s1. The highest BCUT2D eigenvalue weighted by Gasteiger charge is 2.29. The van der Waals surface area contributed by atoms with E-state index in [1.54, 1.807) is 25.1 Å². The van der Waals surface area contributed by atoms with Crippen molar-refractivity contribution in [3.8, 4) is 5.75 Å². The maximum atomic E-state index is 12.3. The molecule has 19 heavy (non-hydrogen) atoms. The molecule has 5 heteroatoms. The summed E-state index contributed by atoms with van der Waals surface area (Å²) in [6, 6.07) is 5.00. The van der Waals surface area contributed by atoms with Gasteiger partial charge in [-0.25, -0.2) is 0 Å². The first-order chi connectivity index (χ1) is 9.00. The van der Waals surface area contributed by atoms with E-state index in [1.165, 1.54) is 4.90 Å². The van der Waals surface area contributed by atoms with Crippen LogP contribution in [0, 0.1) is 12.8 Å². The fraction of sp³-hybridized carbons (Fsp3) is 0.429. The predicted molar refractivity (Wildman–Crippen MR) is 69.1 cm³/mol. The number of carboxylic acid groups (broad SMARTS) is 1. The van der Waals surface area contributed by atoms with E-state index < -0.39 is 11.9 Å². The Labute approximate surface area is 111 Å². The fourth-order valence-electron chi connectivity index (χ4n) is 2.37. The minimum absolute atomic E-state index is 0.0232. The zero-order valence-electron chi connectivity index (χ0n) is 10.8. The van der Waals surface area contributed by atoms with Crippen LogP contribution in [-0.4, -0.2) is 40.1 Å². The fourth-order valence-corrected chi connectivity index (χ4v) is 2.37. The summed E-state index contributed by atoms with van der Waals surface area (Å²) in [5.41, 5.74) is 0.878. The van der Waals surface area contributed by atoms with E-state index in [9.17, 15) is 14.7 Å². The molecule has 1 atom stereocenters. The van der Waals surface area contributed by atoms with E-state index in [0.717, 1.165) is 0 Å². The van der Waals surface area contributed by atoms with Crippen molar-refractivity contribution >= 4 is 11.9 Å². The lowest BCUT2D eigenvalue weighted by atomic mass is 9.97. The molecule has 1 amide bonds. The molecule has 0 saturated carbocycles. The number of para-hydroxylation sites is 1. The number of carboxylic acids is 1. The van der Waals surface area contributed by atoms with Crippen LogP contribution in [0.15, 0.2) is 18.2 Å². The van der Waals surface area contributed by atoms with Crippen LogP contribution in [0.5, 0.6) is 5.75 Å². The van der Waals surface area contributed by atoms with Gasteiger partial charge in [0.2, 0.25) is 0 Å². The highest BCUT2D eigenvalue weighted by molar-refractivity contribution is 5.97. The van der Waals surface area contributed by atoms with Crippen molar-refractivity contribution in [1.82, 2.24) is 4.90 Å². The van der Waals surface area contributed by atoms with Crippen molar-refractivity contribution in [2.45, 2.75) is 19.8 Å². The second-order valence-corrected chi connectivity index (χ2v) is 4.90. The molecule has 1 aromatic carbocycles. The zero-order chi connectivity index (χ0) is 14.0. The molecule has 0 aromatic heterocycles. The number of carbonyl (C=O) groups excluding carboxylic acids is 1. The number of hydrogen-bond acceptors (Lipinski definition) is 3. The molecule has 5 nitrogen and oxygen atoms in total. The van der Waals surface area contributed by atoms with E-state index in [2.05, 4.69) is 0 Å². The van der Waals surface area contributed by atoms with Gasteiger partial charge < -0.3 is 15.1 Å². The van der Waals surface area contributed by atoms with Crippen LogP contribution in [-0.2, 0) is 4.79 Å². The van der Waals surface area contributed by atoms with E-state index in [0.29, 0.717) is 24.9 Å². The molecule has 0 radical (unpaired) electrons. The summed E-state index contributed by atoms with van der Waals surface area (Å²) in [6.07, 6.45) is 1.27. The lowest BCUT2D eigenvalue weighted by Crippen LogP contribution is -2.42. The van der Waals surface area contributed by atoms with Crippen molar-refractivity contribution in [3.05, 3.63) is 29.3 Å². The normalized spacial score (nSPS) is 19.2. The Morgan fingerprint density at radius 1 is 1.37 bits per heavy atom. The van der Waals surface area contributed by atoms with Gasteiger partial charge in [-0.15, -0.1) is 0 Å². The van der Waals surface area contributed by atoms with Crippen LogP contribution in [0.25, 0.3) is 0 Å². The SMILES string of the molecule is Cc1cccc(C(=O)N2CCC[C@H](C(=O)O)C2)c1O. The van der Waals surface area contributed by atoms with Gasteiger partial charge in [0.25, 0.3) is 5.91 Å². The topological polar surface area (TPSA) is 77.8 Å². The summed E-state index contributed by atoms with van der Waals surface area (Å²) >= 11 is 0. The number of benzene rings is 1. The number of aryl methyl sites for hydroxylation is 1. The van der Waals surface area contributed by atoms with E-state index in [4.69, 9.17) is 5.11 Å². The molecule has 0 bridgehead atoms. The monoisotopic (exact) mass is 263 g/mol. The summed E-state index contributed by atoms with van der Waals surface area (Å²) < 4.78 is 0. The Balaban J connectivity index is 2.19. The quantitative estimate of drug-likeness (QED) is 0.850. The van der Waals surface area contributed by atoms with Gasteiger partial charge in [-0.2, -0.15) is 0 Å². The maximum absolute atomic E-state index is 12.3. The van der Waals surface area contributed by atoms with Gasteiger partial charge in [-0.1, -0.05) is 12.1 Å². The highest BCUT2D eigenvalue weighted by atomic mass is 16.4. The third kappa shape index (κ3) is 2.70. The second-order valence-electron chi connectivity index (χ2n) is 4.90. The molecule has 2 N–H and O–H groups in total. The van der Waals surface area contributed by atoms with Gasteiger partial charge in [-0.3, -0.25) is 9.59 Å².